The maximum atomic E-state index is 9.57. The molecule has 5 nitrogen and oxygen atoms in total. The van der Waals surface area contributed by atoms with E-state index in [1.807, 2.05) is 0 Å². The number of nitrogens with one attached hydrogen (secondary N) is 1. The molecule has 0 bridgehead atoms. The predicted octanol–water partition coefficient (Wildman–Crippen LogP) is -0.660. The van der Waals surface area contributed by atoms with Crippen molar-refractivity contribution in [2.45, 2.75) is 0 Å². The van der Waals surface area contributed by atoms with Crippen molar-refractivity contribution in [3.63, 3.8) is 0 Å². The zero-order valence-corrected chi connectivity index (χ0v) is 6.67. The summed E-state index contributed by atoms with van der Waals surface area (Å²) >= 11 is 0. The van der Waals surface area contributed by atoms with Crippen molar-refractivity contribution < 1.29 is 58.9 Å². The monoisotopic (exact) mass is 266 g/mol. The molecular weight excluding hydrogens is 262 g/mol. The van der Waals surface area contributed by atoms with Crippen molar-refractivity contribution in [1.82, 2.24) is 15.4 Å². The molecule has 1 rings (SSSR count). The zero-order chi connectivity index (χ0) is 5.82. The molecular formula is C3H3EuN3O2. The number of H-pyrrole nitrogens is 1. The Hall–Kier alpha value is 0.194. The van der Waals surface area contributed by atoms with E-state index in [2.05, 4.69) is 20.1 Å². The Bertz CT molecular complexity index is 164. The molecule has 0 aliphatic carbocycles. The Balaban J connectivity index is 0.000000640. The van der Waals surface area contributed by atoms with Crippen molar-refractivity contribution in [1.29, 1.82) is 0 Å². The molecule has 0 saturated heterocycles. The molecule has 0 fully saturated rings. The third-order valence-electron chi connectivity index (χ3n) is 0.563. The molecule has 0 atom stereocenters. The van der Waals surface area contributed by atoms with E-state index in [0.717, 1.165) is 0 Å². The van der Waals surface area contributed by atoms with E-state index in [1.165, 1.54) is 6.20 Å². The molecule has 6 heteroatoms. The predicted molar refractivity (Wildman–Crippen MR) is 23.1 cm³/mol. The summed E-state index contributed by atoms with van der Waals surface area (Å²) in [5.74, 6) is 0.181. The first-order chi connectivity index (χ1) is 3.93. The maximum absolute atomic E-state index is 9.57. The van der Waals surface area contributed by atoms with E-state index in [4.69, 9.17) is 0 Å². The number of hydrogen-bond acceptors (Lipinski definition) is 4. The van der Waals surface area contributed by atoms with Crippen LogP contribution in [-0.2, 0) is 4.79 Å². The summed E-state index contributed by atoms with van der Waals surface area (Å²) < 4.78 is 4.26. The second-order valence-electron chi connectivity index (χ2n) is 1.03. The Kier molecular flexibility index (Phi) is 5.13. The SMILES string of the molecule is O=COc1c[nH]nn1.[Eu]. The Labute approximate surface area is 91.7 Å². The second-order valence-corrected chi connectivity index (χ2v) is 1.03. The van der Waals surface area contributed by atoms with Gasteiger partial charge in [0.1, 0.15) is 0 Å². The van der Waals surface area contributed by atoms with Crippen molar-refractivity contribution in [2.24, 2.45) is 0 Å². The number of aromatic amines is 1. The van der Waals surface area contributed by atoms with Crippen LogP contribution in [0.2, 0.25) is 0 Å². The summed E-state index contributed by atoms with van der Waals surface area (Å²) in [6.07, 6.45) is 1.37. The van der Waals surface area contributed by atoms with Crippen LogP contribution in [0.1, 0.15) is 0 Å². The fourth-order valence-electron chi connectivity index (χ4n) is 0.298. The molecule has 0 aliphatic rings. The van der Waals surface area contributed by atoms with Gasteiger partial charge in [-0.3, -0.25) is 9.89 Å². The van der Waals surface area contributed by atoms with Gasteiger partial charge in [-0.15, -0.1) is 0 Å². The number of hydrogen-bond donors (Lipinski definition) is 1. The first kappa shape index (κ1) is 9.19. The minimum absolute atomic E-state index is 0. The van der Waals surface area contributed by atoms with Gasteiger partial charge < -0.3 is 4.74 Å². The minimum Gasteiger partial charge on any atom is -0.406 e. The zero-order valence-electron chi connectivity index (χ0n) is 4.24. The topological polar surface area (TPSA) is 67.9 Å². The van der Waals surface area contributed by atoms with Gasteiger partial charge in [0.15, 0.2) is 0 Å². The van der Waals surface area contributed by atoms with Gasteiger partial charge in [0.2, 0.25) is 0 Å². The van der Waals surface area contributed by atoms with Gasteiger partial charge in [-0.25, -0.2) is 0 Å². The van der Waals surface area contributed by atoms with Crippen LogP contribution in [0.3, 0.4) is 0 Å². The van der Waals surface area contributed by atoms with Crippen molar-refractivity contribution in [2.75, 3.05) is 0 Å². The Morgan fingerprint density at radius 2 is 2.56 bits per heavy atom. The fourth-order valence-corrected chi connectivity index (χ4v) is 0.298. The van der Waals surface area contributed by atoms with Gasteiger partial charge in [-0.05, 0) is 0 Å². The molecule has 49 valence electrons. The van der Waals surface area contributed by atoms with E-state index in [-0.39, 0.29) is 61.7 Å². The summed E-state index contributed by atoms with van der Waals surface area (Å²) in [6, 6.07) is 0. The van der Waals surface area contributed by atoms with Crippen LogP contribution in [0.15, 0.2) is 6.20 Å². The number of ether oxygens (including phenoxy) is 1. The summed E-state index contributed by atoms with van der Waals surface area (Å²) in [5.41, 5.74) is 0. The third kappa shape index (κ3) is 3.03. The Morgan fingerprint density at radius 3 is 3.00 bits per heavy atom. The van der Waals surface area contributed by atoms with E-state index in [0.29, 0.717) is 0 Å². The van der Waals surface area contributed by atoms with Crippen molar-refractivity contribution in [3.05, 3.63) is 6.20 Å². The molecule has 1 N–H and O–H groups in total. The normalized spacial score (nSPS) is 7.56. The minimum atomic E-state index is 0. The summed E-state index contributed by atoms with van der Waals surface area (Å²) in [6.45, 7) is 0.290. The molecule has 0 saturated carbocycles. The number of carbonyl (C=O) groups excluding carboxylic acids is 1. The molecule has 0 aliphatic heterocycles. The molecule has 1 heterocycles. The average Bonchev–Trinajstić information content (AvgIpc) is 2.19. The van der Waals surface area contributed by atoms with Crippen molar-refractivity contribution in [3.8, 4) is 5.88 Å². The van der Waals surface area contributed by atoms with E-state index in [9.17, 15) is 4.79 Å². The molecule has 0 unspecified atom stereocenters. The summed E-state index contributed by atoms with van der Waals surface area (Å²) in [4.78, 5) is 9.57. The van der Waals surface area contributed by atoms with Gasteiger partial charge in [0.25, 0.3) is 12.4 Å². The first-order valence-electron chi connectivity index (χ1n) is 1.90. The fraction of sp³-hybridized carbons (Fsp3) is 0. The van der Waals surface area contributed by atoms with Crippen LogP contribution in [0, 0.1) is 49.4 Å². The van der Waals surface area contributed by atoms with E-state index in [1.54, 1.807) is 0 Å². The number of nitrogens with zero attached hydrogens (tertiary/aromatic N) is 2. The average molecular weight is 265 g/mol. The van der Waals surface area contributed by atoms with E-state index >= 15 is 0 Å². The Morgan fingerprint density at radius 1 is 1.78 bits per heavy atom. The van der Waals surface area contributed by atoms with Crippen LogP contribution in [0.25, 0.3) is 0 Å². The molecule has 1 radical (unpaired) electrons. The number of aromatic nitrogens is 3. The van der Waals surface area contributed by atoms with Gasteiger partial charge in [-0.2, -0.15) is 0 Å². The second kappa shape index (κ2) is 5.02. The number of rotatable bonds is 2. The number of carbonyl (C=O) groups is 1. The van der Waals surface area contributed by atoms with Crippen LogP contribution < -0.4 is 4.74 Å². The largest absolute Gasteiger partial charge is 0.406 e. The van der Waals surface area contributed by atoms with Gasteiger partial charge >= 0.3 is 0 Å². The third-order valence-corrected chi connectivity index (χ3v) is 0.563. The van der Waals surface area contributed by atoms with Gasteiger partial charge in [0, 0.05) is 49.4 Å². The first-order valence-corrected chi connectivity index (χ1v) is 1.90. The summed E-state index contributed by atoms with van der Waals surface area (Å²) in [5, 5.41) is 9.00. The molecule has 1 aromatic rings. The van der Waals surface area contributed by atoms with Gasteiger partial charge in [0.05, 0.1) is 6.20 Å². The smallest absolute Gasteiger partial charge is 0.299 e. The van der Waals surface area contributed by atoms with Crippen LogP contribution in [0.4, 0.5) is 0 Å². The molecule has 9 heavy (non-hydrogen) atoms. The van der Waals surface area contributed by atoms with Crippen LogP contribution in [0.5, 0.6) is 5.88 Å². The van der Waals surface area contributed by atoms with Crippen LogP contribution >= 0.6 is 0 Å². The van der Waals surface area contributed by atoms with Crippen molar-refractivity contribution >= 4 is 6.47 Å². The van der Waals surface area contributed by atoms with E-state index < -0.39 is 0 Å². The maximum Gasteiger partial charge on any atom is 0.299 e. The summed E-state index contributed by atoms with van der Waals surface area (Å²) in [7, 11) is 0. The molecule has 0 amide bonds. The van der Waals surface area contributed by atoms with Crippen LogP contribution in [-0.4, -0.2) is 21.9 Å². The molecule has 1 aromatic heterocycles. The standard InChI is InChI=1S/C3H3N3O2.Eu/c7-2-8-3-1-4-6-5-3;/h1-2H,(H,4,5,6);. The quantitative estimate of drug-likeness (QED) is 0.721. The molecule has 0 spiro atoms. The van der Waals surface area contributed by atoms with Gasteiger partial charge in [-0.1, -0.05) is 10.3 Å². The molecule has 0 aromatic carbocycles.